The molecule has 0 saturated carbocycles. The fraction of sp³-hybridized carbons (Fsp3) is 0.400. The first kappa shape index (κ1) is 44.8. The number of aryl methyl sites for hydroxylation is 2. The van der Waals surface area contributed by atoms with Crippen molar-refractivity contribution in [2.24, 2.45) is 0 Å². The summed E-state index contributed by atoms with van der Waals surface area (Å²) in [5.41, 5.74) is 15.4. The van der Waals surface area contributed by atoms with Crippen molar-refractivity contribution in [3.8, 4) is 11.1 Å². The molecule has 0 aromatic heterocycles. The summed E-state index contributed by atoms with van der Waals surface area (Å²) in [6, 6.07) is 48.6. The Hall–Kier alpha value is -3.82. The summed E-state index contributed by atoms with van der Waals surface area (Å²) in [5.74, 6) is 0. The van der Waals surface area contributed by atoms with E-state index in [0.29, 0.717) is 0 Å². The van der Waals surface area contributed by atoms with Crippen LogP contribution in [0.1, 0.15) is 153 Å². The third-order valence-corrected chi connectivity index (χ3v) is 18.8. The second-order valence-corrected chi connectivity index (χ2v) is 26.6. The van der Waals surface area contributed by atoms with E-state index in [1.165, 1.54) is 69.2 Å². The van der Waals surface area contributed by atoms with Gasteiger partial charge in [-0.15, -0.1) is 0 Å². The molecule has 0 atom stereocenters. The maximum Gasteiger partial charge on any atom is -0.00559 e. The van der Waals surface area contributed by atoms with E-state index in [1.54, 1.807) is 44.0 Å². The van der Waals surface area contributed by atoms with Gasteiger partial charge in [0.25, 0.3) is 0 Å². The Bertz CT molecular complexity index is 2280. The van der Waals surface area contributed by atoms with Gasteiger partial charge in [-0.25, -0.2) is 0 Å². The Morgan fingerprint density at radius 2 is 0.548 bits per heavy atom. The first-order valence-electron chi connectivity index (χ1n) is 23.6. The molecule has 0 amide bonds. The first-order chi connectivity index (χ1) is 29.4. The van der Waals surface area contributed by atoms with E-state index in [-0.39, 0.29) is 21.7 Å². The van der Waals surface area contributed by atoms with Crippen molar-refractivity contribution in [3.63, 3.8) is 0 Å². The number of rotatable bonds is 7. The standard InChI is InChI=1S/C60H72P2/c1-57(2,3)45-29-17-21-33-49(45)61(50-34-22-18-30-46(50)58(4,5)6)53-39-37-41-25-13-15-27-43(41)55(53)56-44-28-16-14-26-42(44)38-40-54(56)62(51-35-23-19-31-47(51)59(7,8)9)52-36-24-20-32-48(52)60(10,11)12/h17-24,29-40H,13-16,25-28H2,1-12H3. The minimum atomic E-state index is -0.971. The molecule has 322 valence electrons. The summed E-state index contributed by atoms with van der Waals surface area (Å²) in [6.45, 7) is 29.0. The molecule has 0 spiro atoms. The van der Waals surface area contributed by atoms with Crippen LogP contribution in [0.15, 0.2) is 121 Å². The van der Waals surface area contributed by atoms with Crippen LogP contribution in [0.5, 0.6) is 0 Å². The maximum atomic E-state index is 2.64. The minimum Gasteiger partial charge on any atom is -0.0619 e. The predicted octanol–water partition coefficient (Wildman–Crippen LogP) is 13.8. The molecule has 2 heteroatoms. The molecule has 0 unspecified atom stereocenters. The van der Waals surface area contributed by atoms with E-state index >= 15 is 0 Å². The summed E-state index contributed by atoms with van der Waals surface area (Å²) in [5, 5.41) is 9.14. The first-order valence-corrected chi connectivity index (χ1v) is 26.3. The Labute approximate surface area is 378 Å². The summed E-state index contributed by atoms with van der Waals surface area (Å²) in [6.07, 6.45) is 9.64. The molecule has 0 N–H and O–H groups in total. The monoisotopic (exact) mass is 855 g/mol. The van der Waals surface area contributed by atoms with Crippen molar-refractivity contribution in [3.05, 3.63) is 166 Å². The van der Waals surface area contributed by atoms with E-state index in [0.717, 1.165) is 25.7 Å². The van der Waals surface area contributed by atoms with Crippen molar-refractivity contribution >= 4 is 47.7 Å². The molecule has 0 fully saturated rings. The largest absolute Gasteiger partial charge is 0.0619 e. The molecule has 62 heavy (non-hydrogen) atoms. The zero-order valence-corrected chi connectivity index (χ0v) is 41.9. The lowest BCUT2D eigenvalue weighted by molar-refractivity contribution is 0.593. The van der Waals surface area contributed by atoms with Crippen molar-refractivity contribution in [1.29, 1.82) is 0 Å². The number of hydrogen-bond acceptors (Lipinski definition) is 0. The number of fused-ring (bicyclic) bond motifs is 2. The molecular weight excluding hydrogens is 783 g/mol. The second kappa shape index (κ2) is 17.3. The van der Waals surface area contributed by atoms with Crippen LogP contribution >= 0.6 is 15.8 Å². The third kappa shape index (κ3) is 8.71. The van der Waals surface area contributed by atoms with Gasteiger partial charge in [0.15, 0.2) is 0 Å². The van der Waals surface area contributed by atoms with Crippen molar-refractivity contribution in [2.45, 2.75) is 156 Å². The summed E-state index contributed by atoms with van der Waals surface area (Å²) >= 11 is 0. The van der Waals surface area contributed by atoms with Gasteiger partial charge < -0.3 is 0 Å². The van der Waals surface area contributed by atoms with E-state index < -0.39 is 15.8 Å². The third-order valence-electron chi connectivity index (χ3n) is 13.6. The highest BCUT2D eigenvalue weighted by molar-refractivity contribution is 7.81. The topological polar surface area (TPSA) is 0 Å². The van der Waals surface area contributed by atoms with E-state index in [9.17, 15) is 0 Å². The predicted molar refractivity (Wildman–Crippen MR) is 277 cm³/mol. The fourth-order valence-electron chi connectivity index (χ4n) is 10.6. The molecule has 2 aliphatic carbocycles. The van der Waals surface area contributed by atoms with Crippen molar-refractivity contribution in [2.75, 3.05) is 0 Å². The quantitative estimate of drug-likeness (QED) is 0.140. The van der Waals surface area contributed by atoms with E-state index in [2.05, 4.69) is 204 Å². The van der Waals surface area contributed by atoms with Crippen LogP contribution in [0.25, 0.3) is 11.1 Å². The molecule has 6 aromatic carbocycles. The van der Waals surface area contributed by atoms with Gasteiger partial charge in [-0.1, -0.05) is 204 Å². The van der Waals surface area contributed by atoms with Crippen LogP contribution in [0.2, 0.25) is 0 Å². The molecule has 8 rings (SSSR count). The molecule has 0 bridgehead atoms. The zero-order valence-electron chi connectivity index (χ0n) is 40.1. The minimum absolute atomic E-state index is 0.0129. The highest BCUT2D eigenvalue weighted by atomic mass is 31.1. The van der Waals surface area contributed by atoms with Crippen LogP contribution in [0, 0.1) is 0 Å². The van der Waals surface area contributed by atoms with Gasteiger partial charge in [0.2, 0.25) is 0 Å². The summed E-state index contributed by atoms with van der Waals surface area (Å²) in [7, 11) is -1.94. The van der Waals surface area contributed by atoms with Gasteiger partial charge in [0.05, 0.1) is 0 Å². The molecule has 6 aromatic rings. The Balaban J connectivity index is 1.58. The molecule has 0 heterocycles. The van der Waals surface area contributed by atoms with Gasteiger partial charge in [-0.3, -0.25) is 0 Å². The highest BCUT2D eigenvalue weighted by Crippen LogP contribution is 2.50. The summed E-state index contributed by atoms with van der Waals surface area (Å²) < 4.78 is 0. The van der Waals surface area contributed by atoms with Gasteiger partial charge in [-0.05, 0) is 176 Å². The van der Waals surface area contributed by atoms with Crippen molar-refractivity contribution < 1.29 is 0 Å². The van der Waals surface area contributed by atoms with Crippen LogP contribution < -0.4 is 31.8 Å². The second-order valence-electron chi connectivity index (χ2n) is 22.3. The molecule has 0 radical (unpaired) electrons. The number of benzene rings is 6. The van der Waals surface area contributed by atoms with Gasteiger partial charge in [0, 0.05) is 0 Å². The zero-order chi connectivity index (χ0) is 44.2. The van der Waals surface area contributed by atoms with Crippen molar-refractivity contribution in [1.82, 2.24) is 0 Å². The lowest BCUT2D eigenvalue weighted by atomic mass is 9.81. The fourth-order valence-corrected chi connectivity index (χ4v) is 17.0. The van der Waals surface area contributed by atoms with E-state index in [1.807, 2.05) is 0 Å². The molecule has 0 saturated heterocycles. The number of hydrogen-bond donors (Lipinski definition) is 0. The molecule has 0 aliphatic heterocycles. The van der Waals surface area contributed by atoms with Gasteiger partial charge in [-0.2, -0.15) is 0 Å². The SMILES string of the molecule is CC(C)(C)c1ccccc1P(c1ccccc1C(C)(C)C)c1ccc2c(c1-c1c(P(c3ccccc3C(C)(C)C)c3ccccc3C(C)(C)C)ccc3c1CCCC3)CCCC2. The normalized spacial score (nSPS) is 14.9. The lowest BCUT2D eigenvalue weighted by Crippen LogP contribution is -2.35. The van der Waals surface area contributed by atoms with Gasteiger partial charge >= 0.3 is 0 Å². The average molecular weight is 855 g/mol. The van der Waals surface area contributed by atoms with Gasteiger partial charge in [0.1, 0.15) is 0 Å². The smallest absolute Gasteiger partial charge is 0.00559 e. The van der Waals surface area contributed by atoms with Crippen LogP contribution in [0.3, 0.4) is 0 Å². The summed E-state index contributed by atoms with van der Waals surface area (Å²) in [4.78, 5) is 0. The molecule has 0 nitrogen and oxygen atoms in total. The Morgan fingerprint density at radius 1 is 0.290 bits per heavy atom. The molecule has 2 aliphatic rings. The van der Waals surface area contributed by atoms with Crippen LogP contribution in [0.4, 0.5) is 0 Å². The Kier molecular flexibility index (Phi) is 12.5. The molecular formula is C60H72P2. The maximum absolute atomic E-state index is 2.64. The van der Waals surface area contributed by atoms with Crippen LogP contribution in [-0.2, 0) is 47.3 Å². The van der Waals surface area contributed by atoms with E-state index in [4.69, 9.17) is 0 Å². The Morgan fingerprint density at radius 3 is 0.823 bits per heavy atom. The highest BCUT2D eigenvalue weighted by Gasteiger charge is 2.37. The average Bonchev–Trinajstić information content (AvgIpc) is 3.23. The lowest BCUT2D eigenvalue weighted by Gasteiger charge is -2.37. The van der Waals surface area contributed by atoms with Crippen LogP contribution in [-0.4, -0.2) is 0 Å².